The van der Waals surface area contributed by atoms with Gasteiger partial charge in [0, 0.05) is 13.1 Å². The van der Waals surface area contributed by atoms with Crippen LogP contribution in [0.4, 0.5) is 10.1 Å². The number of anilines is 1. The van der Waals surface area contributed by atoms with E-state index in [0.717, 1.165) is 5.57 Å². The predicted octanol–water partition coefficient (Wildman–Crippen LogP) is 2.50. The number of rotatable bonds is 4. The minimum Gasteiger partial charge on any atom is -0.474 e. The number of thiocarbonyl (C=S) groups is 1. The van der Waals surface area contributed by atoms with Gasteiger partial charge in [0.2, 0.25) is 0 Å². The van der Waals surface area contributed by atoms with Gasteiger partial charge < -0.3 is 15.0 Å². The summed E-state index contributed by atoms with van der Waals surface area (Å²) in [6.45, 7) is 1.08. The molecule has 0 spiro atoms. The number of benzene rings is 1. The van der Waals surface area contributed by atoms with Crippen LogP contribution in [0.1, 0.15) is 30.1 Å². The number of methoxy groups -OCH3 is 1. The molecule has 0 radical (unpaired) electrons. The van der Waals surface area contributed by atoms with Gasteiger partial charge in [-0.25, -0.2) is 4.39 Å². The monoisotopic (exact) mass is 411 g/mol. The summed E-state index contributed by atoms with van der Waals surface area (Å²) in [6, 6.07) is 8.27. The molecule has 0 bridgehead atoms. The van der Waals surface area contributed by atoms with Crippen molar-refractivity contribution in [2.24, 2.45) is 0 Å². The van der Waals surface area contributed by atoms with Crippen LogP contribution >= 0.6 is 12.2 Å². The minimum atomic E-state index is -0.519. The Kier molecular flexibility index (Phi) is 6.37. The van der Waals surface area contributed by atoms with Gasteiger partial charge in [0.25, 0.3) is 5.17 Å². The quantitative estimate of drug-likeness (QED) is 0.583. The molecule has 3 rings (SSSR count). The normalized spacial score (nSPS) is 14.5. The number of nitriles is 2. The summed E-state index contributed by atoms with van der Waals surface area (Å²) in [5.74, 6) is -0.380. The van der Waals surface area contributed by atoms with Crippen LogP contribution in [0.5, 0.6) is 0 Å². The molecule has 8 nitrogen and oxygen atoms in total. The van der Waals surface area contributed by atoms with Gasteiger partial charge >= 0.3 is 0 Å². The molecule has 29 heavy (non-hydrogen) atoms. The Morgan fingerprint density at radius 1 is 1.34 bits per heavy atom. The maximum atomic E-state index is 14.9. The van der Waals surface area contributed by atoms with Crippen molar-refractivity contribution in [2.75, 3.05) is 25.1 Å². The number of piperidine rings is 1. The second-order valence-corrected chi connectivity index (χ2v) is 6.73. The van der Waals surface area contributed by atoms with E-state index in [-0.39, 0.29) is 16.6 Å². The van der Waals surface area contributed by atoms with E-state index in [1.807, 2.05) is 17.0 Å². The van der Waals surface area contributed by atoms with E-state index < -0.39 is 6.04 Å². The van der Waals surface area contributed by atoms with E-state index in [9.17, 15) is 4.39 Å². The van der Waals surface area contributed by atoms with Crippen molar-refractivity contribution in [3.63, 3.8) is 0 Å². The molecule has 10 heteroatoms. The Balaban J connectivity index is 1.81. The Labute approximate surface area is 172 Å². The third-order valence-corrected chi connectivity index (χ3v) is 5.05. The topological polar surface area (TPSA) is 114 Å². The summed E-state index contributed by atoms with van der Waals surface area (Å²) >= 11 is 5.07. The smallest absolute Gasteiger partial charge is 0.257 e. The Morgan fingerprint density at radius 3 is 2.62 bits per heavy atom. The molecule has 2 aromatic rings. The summed E-state index contributed by atoms with van der Waals surface area (Å²) < 4.78 is 20.0. The van der Waals surface area contributed by atoms with Crippen LogP contribution in [0.15, 0.2) is 35.5 Å². The molecule has 1 fully saturated rings. The summed E-state index contributed by atoms with van der Waals surface area (Å²) in [6.07, 6.45) is 2.65. The molecule has 1 atom stereocenters. The number of halogens is 1. The van der Waals surface area contributed by atoms with Gasteiger partial charge in [0.15, 0.2) is 0 Å². The maximum absolute atomic E-state index is 14.9. The number of hydrogen-bond donors (Lipinski definition) is 2. The highest BCUT2D eigenvalue weighted by molar-refractivity contribution is 7.80. The van der Waals surface area contributed by atoms with Crippen LogP contribution in [0, 0.1) is 28.5 Å². The molecule has 2 N–H and O–H groups in total. The van der Waals surface area contributed by atoms with Gasteiger partial charge in [-0.3, -0.25) is 0 Å². The van der Waals surface area contributed by atoms with E-state index in [1.165, 1.54) is 19.4 Å². The molecule has 0 saturated carbocycles. The van der Waals surface area contributed by atoms with Crippen LogP contribution in [-0.4, -0.2) is 40.8 Å². The van der Waals surface area contributed by atoms with Crippen molar-refractivity contribution in [1.29, 1.82) is 10.5 Å². The standard InChI is InChI=1S/C19H18FN7OS/c1-28-19(29)24-18(16-11-23-26-25-16)13-2-3-17(15(20)8-13)27-6-4-12(5-7-27)14(9-21)10-22/h2-3,8,11,18H,4-7H2,1H3,(H,24,29)(H,23,25,26). The molecule has 1 unspecified atom stereocenters. The molecular weight excluding hydrogens is 393 g/mol. The molecule has 1 aromatic heterocycles. The Morgan fingerprint density at radius 2 is 2.07 bits per heavy atom. The van der Waals surface area contributed by atoms with Gasteiger partial charge in [0.05, 0.1) is 19.0 Å². The van der Waals surface area contributed by atoms with E-state index in [0.29, 0.717) is 42.9 Å². The highest BCUT2D eigenvalue weighted by Gasteiger charge is 2.23. The zero-order valence-electron chi connectivity index (χ0n) is 15.6. The SMILES string of the molecule is COC(=S)NC(c1ccc(N2CCC(=C(C#N)C#N)CC2)c(F)c1)c1cn[nH]n1. The molecule has 1 saturated heterocycles. The fourth-order valence-electron chi connectivity index (χ4n) is 3.26. The first-order valence-electron chi connectivity index (χ1n) is 8.84. The Bertz CT molecular complexity index is 981. The third kappa shape index (κ3) is 4.50. The van der Waals surface area contributed by atoms with E-state index in [2.05, 4.69) is 20.7 Å². The van der Waals surface area contributed by atoms with Crippen LogP contribution < -0.4 is 10.2 Å². The summed E-state index contributed by atoms with van der Waals surface area (Å²) in [4.78, 5) is 1.91. The van der Waals surface area contributed by atoms with Crippen molar-refractivity contribution < 1.29 is 9.13 Å². The molecule has 1 aliphatic rings. The second kappa shape index (κ2) is 9.13. The zero-order chi connectivity index (χ0) is 20.8. The van der Waals surface area contributed by atoms with Crippen LogP contribution in [0.25, 0.3) is 0 Å². The van der Waals surface area contributed by atoms with Crippen LogP contribution in [0.2, 0.25) is 0 Å². The number of hydrogen-bond acceptors (Lipinski definition) is 7. The molecule has 1 aliphatic heterocycles. The molecule has 0 aliphatic carbocycles. The lowest BCUT2D eigenvalue weighted by Gasteiger charge is -2.31. The third-order valence-electron chi connectivity index (χ3n) is 4.77. The average Bonchev–Trinajstić information content (AvgIpc) is 3.28. The van der Waals surface area contributed by atoms with Crippen LogP contribution in [0.3, 0.4) is 0 Å². The molecule has 0 amide bonds. The van der Waals surface area contributed by atoms with Crippen molar-refractivity contribution in [2.45, 2.75) is 18.9 Å². The van der Waals surface area contributed by atoms with E-state index in [1.54, 1.807) is 12.1 Å². The number of nitrogens with zero attached hydrogens (tertiary/aromatic N) is 5. The van der Waals surface area contributed by atoms with Gasteiger partial charge in [-0.2, -0.15) is 25.9 Å². The van der Waals surface area contributed by atoms with Crippen molar-refractivity contribution in [3.8, 4) is 12.1 Å². The molecule has 1 aromatic carbocycles. The summed E-state index contributed by atoms with van der Waals surface area (Å²) in [7, 11) is 1.45. The first kappa shape index (κ1) is 20.2. The number of aromatic nitrogens is 3. The lowest BCUT2D eigenvalue weighted by Crippen LogP contribution is -2.32. The molecule has 2 heterocycles. The first-order valence-corrected chi connectivity index (χ1v) is 9.25. The first-order chi connectivity index (χ1) is 14.1. The van der Waals surface area contributed by atoms with Gasteiger partial charge in [0.1, 0.15) is 35.3 Å². The number of aromatic amines is 1. The highest BCUT2D eigenvalue weighted by atomic mass is 32.1. The fourth-order valence-corrected chi connectivity index (χ4v) is 3.38. The number of H-pyrrole nitrogens is 1. The number of ether oxygens (including phenoxy) is 1. The number of allylic oxidation sites excluding steroid dienone is 1. The largest absolute Gasteiger partial charge is 0.474 e. The minimum absolute atomic E-state index is 0.156. The fraction of sp³-hybridized carbons (Fsp3) is 0.316. The van der Waals surface area contributed by atoms with Gasteiger partial charge in [-0.15, -0.1) is 0 Å². The van der Waals surface area contributed by atoms with Gasteiger partial charge in [-0.05, 0) is 48.3 Å². The van der Waals surface area contributed by atoms with E-state index >= 15 is 0 Å². The zero-order valence-corrected chi connectivity index (χ0v) is 16.5. The summed E-state index contributed by atoms with van der Waals surface area (Å²) in [5.41, 5.74) is 2.62. The lowest BCUT2D eigenvalue weighted by atomic mass is 9.98. The average molecular weight is 411 g/mol. The molecule has 148 valence electrons. The van der Waals surface area contributed by atoms with Crippen molar-refractivity contribution in [1.82, 2.24) is 20.7 Å². The second-order valence-electron chi connectivity index (χ2n) is 6.36. The highest BCUT2D eigenvalue weighted by Crippen LogP contribution is 2.30. The maximum Gasteiger partial charge on any atom is 0.257 e. The van der Waals surface area contributed by atoms with Crippen molar-refractivity contribution in [3.05, 3.63) is 52.6 Å². The van der Waals surface area contributed by atoms with E-state index in [4.69, 9.17) is 27.5 Å². The molecular formula is C19H18FN7OS. The number of nitrogens with one attached hydrogen (secondary N) is 2. The predicted molar refractivity (Wildman–Crippen MR) is 107 cm³/mol. The lowest BCUT2D eigenvalue weighted by molar-refractivity contribution is 0.387. The Hall–Kier alpha value is -3.50. The van der Waals surface area contributed by atoms with Crippen LogP contribution in [-0.2, 0) is 4.74 Å². The summed E-state index contributed by atoms with van der Waals surface area (Å²) in [5, 5.41) is 31.5. The van der Waals surface area contributed by atoms with Crippen molar-refractivity contribution >= 4 is 23.1 Å². The van der Waals surface area contributed by atoms with Gasteiger partial charge in [-0.1, -0.05) is 6.07 Å².